The fourth-order valence-electron chi connectivity index (χ4n) is 28.6. The van der Waals surface area contributed by atoms with Crippen LogP contribution in [-0.2, 0) is 10.8 Å². The first kappa shape index (κ1) is 46.9. The van der Waals surface area contributed by atoms with Crippen molar-refractivity contribution in [3.8, 4) is 0 Å². The van der Waals surface area contributed by atoms with E-state index in [4.69, 9.17) is 0 Å². The molecular weight excluding hydrogens is 1320 g/mol. The summed E-state index contributed by atoms with van der Waals surface area (Å²) in [7, 11) is 0. The van der Waals surface area contributed by atoms with Gasteiger partial charge in [0.05, 0.1) is 0 Å². The maximum Gasteiger partial charge on any atom is 0.460 e. The lowest BCUT2D eigenvalue weighted by Gasteiger charge is -2.56. The van der Waals surface area contributed by atoms with Crippen molar-refractivity contribution in [2.24, 2.45) is 11.8 Å². The van der Waals surface area contributed by atoms with Crippen LogP contribution in [0.25, 0.3) is 291 Å². The molecular formula is C77H9F21. The largest absolute Gasteiger partial charge is 0.460 e. The molecule has 6 aliphatic rings. The van der Waals surface area contributed by atoms with Gasteiger partial charge in [-0.15, -0.1) is 0 Å². The maximum atomic E-state index is 16.9. The van der Waals surface area contributed by atoms with E-state index in [0.717, 1.165) is 141 Å². The summed E-state index contributed by atoms with van der Waals surface area (Å²) >= 11 is 0. The smallest absolute Gasteiger partial charge is 0.200 e. The summed E-state index contributed by atoms with van der Waals surface area (Å²) in [6.45, 7) is 0. The van der Waals surface area contributed by atoms with Gasteiger partial charge < -0.3 is 0 Å². The van der Waals surface area contributed by atoms with Crippen molar-refractivity contribution in [3.63, 3.8) is 0 Å². The van der Waals surface area contributed by atoms with Crippen LogP contribution < -0.4 is 0 Å². The van der Waals surface area contributed by atoms with Crippen LogP contribution in [0.1, 0.15) is 41.5 Å². The van der Waals surface area contributed by atoms with Gasteiger partial charge in [-0.05, 0) is 338 Å². The molecule has 34 rings (SSSR count). The quantitative estimate of drug-likeness (QED) is 0.0688. The Morgan fingerprint density at radius 3 is 0.602 bits per heavy atom. The molecule has 28 aromatic carbocycles. The molecule has 98 heavy (non-hydrogen) atoms. The highest BCUT2D eigenvalue weighted by Gasteiger charge is 2.98. The zero-order chi connectivity index (χ0) is 65.0. The summed E-state index contributed by atoms with van der Waals surface area (Å²) in [5, 5.41) is 64.2. The van der Waals surface area contributed by atoms with E-state index in [1.54, 1.807) is 6.08 Å². The molecule has 0 aromatic heterocycles. The molecule has 0 saturated heterocycles. The summed E-state index contributed by atoms with van der Waals surface area (Å²) in [4.78, 5) is 0. The molecule has 0 N–H and O–H groups in total. The highest BCUT2D eigenvalue weighted by Crippen LogP contribution is 2.90. The second kappa shape index (κ2) is 10.6. The van der Waals surface area contributed by atoms with Crippen LogP contribution in [0.4, 0.5) is 92.2 Å². The monoisotopic (exact) mass is 1330 g/mol. The molecule has 2 atom stereocenters. The van der Waals surface area contributed by atoms with E-state index in [1.807, 2.05) is 0 Å². The number of hydrogen-bond acceptors (Lipinski definition) is 0. The Balaban J connectivity index is 0.715. The van der Waals surface area contributed by atoms with Gasteiger partial charge in [0.15, 0.2) is 0 Å². The average molecular weight is 1330 g/mol. The number of rotatable bonds is 11. The first-order valence-corrected chi connectivity index (χ1v) is 32.2. The van der Waals surface area contributed by atoms with Gasteiger partial charge >= 0.3 is 59.5 Å². The van der Waals surface area contributed by atoms with E-state index in [-0.39, 0.29) is 12.0 Å². The molecule has 0 aliphatic heterocycles. The van der Waals surface area contributed by atoms with Crippen molar-refractivity contribution in [1.29, 1.82) is 0 Å². The van der Waals surface area contributed by atoms with Gasteiger partial charge in [0, 0.05) is 17.3 Å². The van der Waals surface area contributed by atoms with Gasteiger partial charge in [0.1, 0.15) is 0 Å². The topological polar surface area (TPSA) is 0 Å². The van der Waals surface area contributed by atoms with Crippen LogP contribution >= 0.6 is 0 Å². The molecule has 464 valence electrons. The molecule has 21 heteroatoms. The van der Waals surface area contributed by atoms with Crippen molar-refractivity contribution in [2.75, 3.05) is 0 Å². The van der Waals surface area contributed by atoms with Crippen molar-refractivity contribution in [3.05, 3.63) is 33.9 Å². The Morgan fingerprint density at radius 2 is 0.398 bits per heavy atom. The molecule has 0 amide bonds. The highest BCUT2D eigenvalue weighted by molar-refractivity contribution is 6.82. The minimum atomic E-state index is -9.23. The molecule has 2 spiro atoms. The fraction of sp³-hybridized carbons (Fsp3) is 0.221. The highest BCUT2D eigenvalue weighted by atomic mass is 19.4. The fourth-order valence-corrected chi connectivity index (χ4v) is 28.6. The maximum absolute atomic E-state index is 16.9. The van der Waals surface area contributed by atoms with Crippen LogP contribution in [0.3, 0.4) is 0 Å². The summed E-state index contributed by atoms with van der Waals surface area (Å²) in [5.41, 5.74) is 1.56. The Kier molecular flexibility index (Phi) is 5.06. The van der Waals surface area contributed by atoms with E-state index in [0.29, 0.717) is 0 Å². The van der Waals surface area contributed by atoms with E-state index in [1.165, 1.54) is 172 Å². The Hall–Kier alpha value is -9.27. The van der Waals surface area contributed by atoms with Gasteiger partial charge in [-0.3, -0.25) is 0 Å². The Morgan fingerprint density at radius 1 is 0.224 bits per heavy atom. The molecule has 2 bridgehead atoms. The van der Waals surface area contributed by atoms with Crippen LogP contribution in [0.15, 0.2) is 11.6 Å². The molecule has 1 fully saturated rings. The SMILES string of the molecule is FC(F)(F)C(F)(F)C(F)(F)C(F)(F)C(F)(F)C(F)(F)C(F)(F)C(F)(F)C(F)(F)C(F)(F)CCC1=C[C@@H]2C[C@H]1C13c4c5c6c7c8c9c(c%10c%11c1c1c4c4c%12c5c5c6c6c8c8c%13c9c9c%10c%10c%11c%11c1c1c4c4c%12c%12c5c5c6c8c6c8c%13c9c9c%10c%10c%11c1c1c4c4c%12c5c6c5c8c9c%10c1c45)C723. The third kappa shape index (κ3) is 2.83. The van der Waals surface area contributed by atoms with Crippen LogP contribution in [0, 0.1) is 11.8 Å². The van der Waals surface area contributed by atoms with Crippen molar-refractivity contribution in [1.82, 2.24) is 0 Å². The number of halogens is 21. The second-order valence-corrected chi connectivity index (χ2v) is 31.8. The minimum Gasteiger partial charge on any atom is -0.200 e. The number of benzene rings is 18. The number of alkyl halides is 21. The van der Waals surface area contributed by atoms with Gasteiger partial charge in [-0.2, -0.15) is 92.2 Å². The van der Waals surface area contributed by atoms with E-state index in [2.05, 4.69) is 0 Å². The van der Waals surface area contributed by atoms with Gasteiger partial charge in [0.2, 0.25) is 0 Å². The van der Waals surface area contributed by atoms with E-state index in [9.17, 15) is 48.3 Å². The molecule has 0 radical (unpaired) electrons. The molecule has 0 nitrogen and oxygen atoms in total. The molecule has 0 heterocycles. The lowest BCUT2D eigenvalue weighted by atomic mass is 9.44. The third-order valence-electron chi connectivity index (χ3n) is 30.2. The van der Waals surface area contributed by atoms with Gasteiger partial charge in [-0.25, -0.2) is 0 Å². The zero-order valence-corrected chi connectivity index (χ0v) is 47.3. The van der Waals surface area contributed by atoms with Crippen LogP contribution in [0.5, 0.6) is 0 Å². The molecule has 0 unspecified atom stereocenters. The van der Waals surface area contributed by atoms with Crippen LogP contribution in [0.2, 0.25) is 0 Å². The lowest BCUT2D eigenvalue weighted by Crippen LogP contribution is -2.76. The van der Waals surface area contributed by atoms with E-state index < -0.39 is 95.0 Å². The van der Waals surface area contributed by atoms with Crippen LogP contribution in [-0.4, -0.2) is 59.5 Å². The first-order valence-electron chi connectivity index (χ1n) is 32.2. The van der Waals surface area contributed by atoms with Gasteiger partial charge in [0.25, 0.3) is 0 Å². The minimum absolute atomic E-state index is 0.0204. The summed E-state index contributed by atoms with van der Waals surface area (Å²) in [5.74, 6) is -79.2. The molecule has 6 aliphatic carbocycles. The Labute approximate surface area is 516 Å². The van der Waals surface area contributed by atoms with E-state index >= 15 is 43.9 Å². The summed E-state index contributed by atoms with van der Waals surface area (Å²) in [6.07, 6.45) is -10.2. The summed E-state index contributed by atoms with van der Waals surface area (Å²) < 4.78 is 314. The predicted octanol–water partition coefficient (Wildman–Crippen LogP) is 24.9. The third-order valence-corrected chi connectivity index (χ3v) is 30.2. The van der Waals surface area contributed by atoms with Crippen molar-refractivity contribution >= 4 is 291 Å². The predicted molar refractivity (Wildman–Crippen MR) is 333 cm³/mol. The van der Waals surface area contributed by atoms with Crippen molar-refractivity contribution in [2.45, 2.75) is 89.6 Å². The second-order valence-electron chi connectivity index (χ2n) is 31.8. The number of allylic oxidation sites excluding steroid dienone is 2. The normalized spacial score (nSPS) is 23.3. The Bertz CT molecular complexity index is 8270. The first-order chi connectivity index (χ1) is 46.3. The molecule has 28 aromatic rings. The lowest BCUT2D eigenvalue weighted by molar-refractivity contribution is -0.474. The van der Waals surface area contributed by atoms with Crippen molar-refractivity contribution < 1.29 is 92.2 Å². The average Bonchev–Trinajstić information content (AvgIpc) is 1.38. The zero-order valence-electron chi connectivity index (χ0n) is 47.3. The molecule has 1 saturated carbocycles. The number of fused-ring (bicyclic) bond motifs is 2. The standard InChI is InChI=1S/C77H9F21/c78-66(79,69(80,81)70(82,83)71(84,85)72(86,87)73(88,89)74(90,91)75(92,93)76(94,95)77(96,97)98)2-1-5-3-6-4-7(5)68-64-58-52-42-34-24-16-12-9-8-10-14(16)22-30(24)44(52)50-40-32(22)26-18(10)19-11(8)15-17-13(9)21-20(12)28(34)38-39-29(21)35-25(17)31-23(15)33-27(19)37-36(26)46(40)54-55-47(37)41(33)51-45(31)53-43(35)49(39)61(60(64)48(38)42)65(68)59(53)57(51)63(55)67(6,68)62(54)56(50)58/h3,6-7H,1-2,4H2/t6-,7-,67?,68?/m1/s1. The summed E-state index contributed by atoms with van der Waals surface area (Å²) in [6, 6.07) is 0. The number of hydrogen-bond donors (Lipinski definition) is 0. The van der Waals surface area contributed by atoms with Gasteiger partial charge in [-0.1, -0.05) is 11.6 Å².